The number of pyridine rings is 1. The average Bonchev–Trinajstić information content (AvgIpc) is 3.66. The molecular formula is C27H31N7O2. The number of nitrogens with two attached hydrogens (primary N) is 1. The van der Waals surface area contributed by atoms with Gasteiger partial charge in [-0.15, -0.1) is 0 Å². The summed E-state index contributed by atoms with van der Waals surface area (Å²) in [5.41, 5.74) is 11.2. The molecule has 4 heterocycles. The fourth-order valence-corrected chi connectivity index (χ4v) is 5.05. The number of methoxy groups -OCH3 is 1. The number of hydrogen-bond donors (Lipinski definition) is 1. The molecule has 0 radical (unpaired) electrons. The summed E-state index contributed by atoms with van der Waals surface area (Å²) in [6.45, 7) is 6.33. The van der Waals surface area contributed by atoms with Crippen LogP contribution in [0, 0.1) is 0 Å². The number of nitrogen functional groups attached to an aromatic ring is 1. The molecule has 0 unspecified atom stereocenters. The van der Waals surface area contributed by atoms with Crippen LogP contribution in [0.4, 0.5) is 11.6 Å². The van der Waals surface area contributed by atoms with Gasteiger partial charge in [0.1, 0.15) is 29.4 Å². The van der Waals surface area contributed by atoms with Crippen molar-refractivity contribution in [3.8, 4) is 17.1 Å². The Morgan fingerprint density at radius 1 is 1.06 bits per heavy atom. The van der Waals surface area contributed by atoms with E-state index >= 15 is 0 Å². The van der Waals surface area contributed by atoms with E-state index in [0.29, 0.717) is 18.3 Å². The summed E-state index contributed by atoms with van der Waals surface area (Å²) in [6.07, 6.45) is 4.19. The highest BCUT2D eigenvalue weighted by molar-refractivity contribution is 6.00. The lowest BCUT2D eigenvalue weighted by atomic mass is 10.1. The zero-order valence-corrected chi connectivity index (χ0v) is 20.9. The highest BCUT2D eigenvalue weighted by Crippen LogP contribution is 2.42. The third-order valence-corrected chi connectivity index (χ3v) is 6.91. The molecule has 0 bridgehead atoms. The Kier molecular flexibility index (Phi) is 5.72. The molecule has 9 nitrogen and oxygen atoms in total. The largest absolute Gasteiger partial charge is 0.497 e. The van der Waals surface area contributed by atoms with Gasteiger partial charge in [0, 0.05) is 30.8 Å². The van der Waals surface area contributed by atoms with Crippen LogP contribution in [0.15, 0.2) is 42.7 Å². The first-order chi connectivity index (χ1) is 17.5. The number of hydrogen-bond acceptors (Lipinski definition) is 8. The molecular weight excluding hydrogens is 454 g/mol. The predicted octanol–water partition coefficient (Wildman–Crippen LogP) is 4.02. The molecule has 6 rings (SSSR count). The second-order valence-electron chi connectivity index (χ2n) is 9.88. The van der Waals surface area contributed by atoms with Crippen molar-refractivity contribution in [1.29, 1.82) is 0 Å². The molecule has 1 saturated heterocycles. The van der Waals surface area contributed by atoms with E-state index in [1.54, 1.807) is 13.4 Å². The van der Waals surface area contributed by atoms with E-state index in [0.717, 1.165) is 71.0 Å². The summed E-state index contributed by atoms with van der Waals surface area (Å²) in [5, 5.41) is 5.86. The minimum atomic E-state index is 0.136. The van der Waals surface area contributed by atoms with E-state index in [4.69, 9.17) is 25.3 Å². The first-order valence-corrected chi connectivity index (χ1v) is 12.5. The summed E-state index contributed by atoms with van der Waals surface area (Å²) in [4.78, 5) is 16.2. The SMILES string of the molecule is COc1ccc(Cn2nc(-c3cc(N4C[C@@H](C)O[C@@H](C)C4)ncn3)c3c(N)nc(C4CC4)cc32)cc1. The Morgan fingerprint density at radius 2 is 1.81 bits per heavy atom. The van der Waals surface area contributed by atoms with Gasteiger partial charge in [0.25, 0.3) is 0 Å². The third kappa shape index (κ3) is 4.35. The van der Waals surface area contributed by atoms with Crippen LogP contribution < -0.4 is 15.4 Å². The normalized spacial score (nSPS) is 20.1. The lowest BCUT2D eigenvalue weighted by Gasteiger charge is -2.36. The maximum Gasteiger partial charge on any atom is 0.135 e. The van der Waals surface area contributed by atoms with Gasteiger partial charge in [-0.2, -0.15) is 5.10 Å². The predicted molar refractivity (Wildman–Crippen MR) is 139 cm³/mol. The first-order valence-electron chi connectivity index (χ1n) is 12.5. The second-order valence-corrected chi connectivity index (χ2v) is 9.88. The molecule has 1 aliphatic heterocycles. The van der Waals surface area contributed by atoms with Gasteiger partial charge in [-0.3, -0.25) is 4.68 Å². The number of aromatic nitrogens is 5. The lowest BCUT2D eigenvalue weighted by molar-refractivity contribution is -0.00546. The quantitative estimate of drug-likeness (QED) is 0.437. The van der Waals surface area contributed by atoms with Crippen LogP contribution in [0.3, 0.4) is 0 Å². The molecule has 186 valence electrons. The van der Waals surface area contributed by atoms with Crippen molar-refractivity contribution in [2.45, 2.75) is 51.4 Å². The van der Waals surface area contributed by atoms with Crippen LogP contribution in [0.1, 0.15) is 43.9 Å². The molecule has 0 amide bonds. The van der Waals surface area contributed by atoms with Crippen molar-refractivity contribution < 1.29 is 9.47 Å². The minimum absolute atomic E-state index is 0.136. The smallest absolute Gasteiger partial charge is 0.135 e. The Morgan fingerprint density at radius 3 is 2.50 bits per heavy atom. The Hall–Kier alpha value is -3.72. The molecule has 1 aromatic carbocycles. The second kappa shape index (κ2) is 9.05. The summed E-state index contributed by atoms with van der Waals surface area (Å²) < 4.78 is 13.2. The Balaban J connectivity index is 1.43. The monoisotopic (exact) mass is 485 g/mol. The summed E-state index contributed by atoms with van der Waals surface area (Å²) in [6, 6.07) is 12.2. The number of anilines is 2. The van der Waals surface area contributed by atoms with Gasteiger partial charge in [-0.1, -0.05) is 12.1 Å². The van der Waals surface area contributed by atoms with Crippen molar-refractivity contribution in [2.75, 3.05) is 30.8 Å². The van der Waals surface area contributed by atoms with E-state index in [1.807, 2.05) is 22.9 Å². The van der Waals surface area contributed by atoms with E-state index < -0.39 is 0 Å². The number of nitrogens with zero attached hydrogens (tertiary/aromatic N) is 6. The fourth-order valence-electron chi connectivity index (χ4n) is 5.05. The van der Waals surface area contributed by atoms with E-state index in [-0.39, 0.29) is 12.2 Å². The molecule has 36 heavy (non-hydrogen) atoms. The van der Waals surface area contributed by atoms with Crippen LogP contribution >= 0.6 is 0 Å². The Labute approximate surface area is 210 Å². The molecule has 4 aromatic rings. The van der Waals surface area contributed by atoms with Gasteiger partial charge < -0.3 is 20.1 Å². The summed E-state index contributed by atoms with van der Waals surface area (Å²) in [7, 11) is 1.67. The highest BCUT2D eigenvalue weighted by atomic mass is 16.5. The molecule has 1 aliphatic carbocycles. The van der Waals surface area contributed by atoms with Crippen molar-refractivity contribution in [3.63, 3.8) is 0 Å². The van der Waals surface area contributed by atoms with Crippen LogP contribution in [0.2, 0.25) is 0 Å². The summed E-state index contributed by atoms with van der Waals surface area (Å²) in [5.74, 6) is 2.68. The van der Waals surface area contributed by atoms with E-state index in [1.165, 1.54) is 0 Å². The topological polar surface area (TPSA) is 104 Å². The molecule has 2 fully saturated rings. The average molecular weight is 486 g/mol. The van der Waals surface area contributed by atoms with Crippen LogP contribution in [-0.2, 0) is 11.3 Å². The summed E-state index contributed by atoms with van der Waals surface area (Å²) >= 11 is 0. The highest BCUT2D eigenvalue weighted by Gasteiger charge is 2.28. The molecule has 2 N–H and O–H groups in total. The molecule has 2 atom stereocenters. The van der Waals surface area contributed by atoms with E-state index in [2.05, 4.69) is 46.9 Å². The van der Waals surface area contributed by atoms with E-state index in [9.17, 15) is 0 Å². The number of morpholine rings is 1. The van der Waals surface area contributed by atoms with Gasteiger partial charge in [0.15, 0.2) is 0 Å². The van der Waals surface area contributed by atoms with Crippen molar-refractivity contribution >= 4 is 22.5 Å². The zero-order chi connectivity index (χ0) is 24.8. The van der Waals surface area contributed by atoms with Gasteiger partial charge in [0.2, 0.25) is 0 Å². The van der Waals surface area contributed by atoms with Crippen molar-refractivity contribution in [3.05, 3.63) is 54.0 Å². The molecule has 0 spiro atoms. The lowest BCUT2D eigenvalue weighted by Crippen LogP contribution is -2.45. The maximum atomic E-state index is 6.57. The number of rotatable bonds is 6. The van der Waals surface area contributed by atoms with Gasteiger partial charge >= 0.3 is 0 Å². The van der Waals surface area contributed by atoms with Crippen molar-refractivity contribution in [1.82, 2.24) is 24.7 Å². The van der Waals surface area contributed by atoms with Gasteiger partial charge in [0.05, 0.1) is 42.5 Å². The molecule has 1 saturated carbocycles. The fraction of sp³-hybridized carbons (Fsp3) is 0.407. The van der Waals surface area contributed by atoms with Crippen LogP contribution in [-0.4, -0.2) is 57.1 Å². The number of benzene rings is 1. The number of fused-ring (bicyclic) bond motifs is 1. The van der Waals surface area contributed by atoms with Crippen molar-refractivity contribution in [2.24, 2.45) is 0 Å². The standard InChI is InChI=1S/C27H31N7O2/c1-16-12-33(13-17(2)36-16)24-11-22(29-15-30-24)26-25-23(10-21(19-6-7-19)31-27(25)28)34(32-26)14-18-4-8-20(35-3)9-5-18/h4-5,8-11,15-17,19H,6-7,12-14H2,1-3H3,(H2,28,31)/t16-,17+. The molecule has 3 aromatic heterocycles. The van der Waals surface area contributed by atoms with Crippen LogP contribution in [0.25, 0.3) is 22.3 Å². The Bertz CT molecular complexity index is 1390. The maximum absolute atomic E-state index is 6.57. The molecule has 9 heteroatoms. The van der Waals surface area contributed by atoms with Gasteiger partial charge in [-0.05, 0) is 50.5 Å². The minimum Gasteiger partial charge on any atom is -0.497 e. The number of ether oxygens (including phenoxy) is 2. The van der Waals surface area contributed by atoms with Gasteiger partial charge in [-0.25, -0.2) is 15.0 Å². The first kappa shape index (κ1) is 22.7. The van der Waals surface area contributed by atoms with Crippen LogP contribution in [0.5, 0.6) is 5.75 Å². The zero-order valence-electron chi connectivity index (χ0n) is 20.9. The molecule has 2 aliphatic rings. The third-order valence-electron chi connectivity index (χ3n) is 6.91.